The van der Waals surface area contributed by atoms with Gasteiger partial charge in [-0.25, -0.2) is 0 Å². The average Bonchev–Trinajstić information content (AvgIpc) is 2.94. The molecule has 4 aromatic rings. The van der Waals surface area contributed by atoms with Crippen LogP contribution in [0.3, 0.4) is 0 Å². The second-order valence-corrected chi connectivity index (χ2v) is 10.6. The summed E-state index contributed by atoms with van der Waals surface area (Å²) in [5, 5.41) is 3.25. The number of rotatable bonds is 9. The van der Waals surface area contributed by atoms with Crippen LogP contribution in [0.1, 0.15) is 45.2 Å². The summed E-state index contributed by atoms with van der Waals surface area (Å²) in [5.41, 5.74) is 1.56. The Hall–Kier alpha value is -3.22. The Morgan fingerprint density at radius 1 is 0.850 bits per heavy atom. The van der Waals surface area contributed by atoms with E-state index in [0.29, 0.717) is 6.32 Å². The van der Waals surface area contributed by atoms with Gasteiger partial charge in [0, 0.05) is 5.56 Å². The third-order valence-electron chi connectivity index (χ3n) is 6.74. The minimum atomic E-state index is -1.08. The molecule has 0 fully saturated rings. The zero-order valence-corrected chi connectivity index (χ0v) is 25.1. The summed E-state index contributed by atoms with van der Waals surface area (Å²) in [6.07, 6.45) is 3.68. The SMILES string of the molecule is CC[CH-]c1ccccc1.[CH2-]C(C)([B]CC(C)(C)C(=O)OC)C(=O)OCc1c2ccccc2cc2ccccc12.[Co+2]. The second kappa shape index (κ2) is 15.0. The number of carbonyl (C=O) groups excluding carboxylic acids is 2. The Morgan fingerprint density at radius 2 is 1.38 bits per heavy atom. The molecule has 210 valence electrons. The van der Waals surface area contributed by atoms with E-state index in [1.54, 1.807) is 28.1 Å². The van der Waals surface area contributed by atoms with Crippen molar-refractivity contribution in [1.29, 1.82) is 0 Å². The van der Waals surface area contributed by atoms with Crippen LogP contribution < -0.4 is 0 Å². The molecule has 0 saturated heterocycles. The van der Waals surface area contributed by atoms with E-state index in [1.165, 1.54) is 12.7 Å². The molecule has 0 N–H and O–H groups in total. The second-order valence-electron chi connectivity index (χ2n) is 10.6. The zero-order valence-electron chi connectivity index (χ0n) is 24.0. The normalized spacial score (nSPS) is 12.2. The molecule has 1 unspecified atom stereocenters. The fourth-order valence-electron chi connectivity index (χ4n) is 4.31. The third kappa shape index (κ3) is 8.64. The molecule has 0 heterocycles. The monoisotopic (exact) mass is 580 g/mol. The molecule has 4 nitrogen and oxygen atoms in total. The molecule has 0 aliphatic heterocycles. The first kappa shape index (κ1) is 33.0. The summed E-state index contributed by atoms with van der Waals surface area (Å²) in [5.74, 6) is -0.759. The summed E-state index contributed by atoms with van der Waals surface area (Å²) in [6, 6.07) is 28.7. The van der Waals surface area contributed by atoms with Crippen LogP contribution in [0.5, 0.6) is 0 Å². The molecule has 1 atom stereocenters. The number of hydrogen-bond acceptors (Lipinski definition) is 4. The van der Waals surface area contributed by atoms with Gasteiger partial charge < -0.3 is 16.4 Å². The quantitative estimate of drug-likeness (QED) is 0.0871. The summed E-state index contributed by atoms with van der Waals surface area (Å²) >= 11 is 0. The van der Waals surface area contributed by atoms with Gasteiger partial charge in [0.25, 0.3) is 5.97 Å². The van der Waals surface area contributed by atoms with Crippen molar-refractivity contribution >= 4 is 40.8 Å². The first-order valence-corrected chi connectivity index (χ1v) is 13.3. The van der Waals surface area contributed by atoms with Gasteiger partial charge in [-0.1, -0.05) is 100 Å². The van der Waals surface area contributed by atoms with Crippen molar-refractivity contribution in [3.63, 3.8) is 0 Å². The molecule has 0 aromatic heterocycles. The average molecular weight is 580 g/mol. The van der Waals surface area contributed by atoms with Gasteiger partial charge in [0.1, 0.15) is 6.61 Å². The third-order valence-corrected chi connectivity index (χ3v) is 6.74. The number of hydrogen-bond donors (Lipinski definition) is 0. The number of ether oxygens (including phenoxy) is 2. The van der Waals surface area contributed by atoms with Gasteiger partial charge in [0.15, 0.2) is 0 Å². The van der Waals surface area contributed by atoms with Crippen molar-refractivity contribution in [2.24, 2.45) is 5.41 Å². The molecule has 4 rings (SSSR count). The van der Waals surface area contributed by atoms with Crippen molar-refractivity contribution in [3.8, 4) is 0 Å². The largest absolute Gasteiger partial charge is 2.00 e. The van der Waals surface area contributed by atoms with Crippen LogP contribution in [-0.4, -0.2) is 26.3 Å². The van der Waals surface area contributed by atoms with Crippen LogP contribution in [0.15, 0.2) is 84.9 Å². The van der Waals surface area contributed by atoms with Gasteiger partial charge in [0.2, 0.25) is 0 Å². The van der Waals surface area contributed by atoms with Gasteiger partial charge >= 0.3 is 22.7 Å². The fraction of sp³-hybridized carbons (Fsp3) is 0.294. The molecule has 0 amide bonds. The van der Waals surface area contributed by atoms with Gasteiger partial charge in [-0.2, -0.15) is 24.1 Å². The Bertz CT molecular complexity index is 1350. The van der Waals surface area contributed by atoms with Crippen molar-refractivity contribution in [2.45, 2.75) is 52.4 Å². The van der Waals surface area contributed by atoms with Gasteiger partial charge in [-0.05, 0) is 27.6 Å². The van der Waals surface area contributed by atoms with Crippen LogP contribution in [0.25, 0.3) is 21.5 Å². The first-order chi connectivity index (χ1) is 18.6. The molecule has 6 heteroatoms. The molecular formula is C34H38BCoO4. The Balaban J connectivity index is 0.000000477. The Kier molecular flexibility index (Phi) is 12.3. The van der Waals surface area contributed by atoms with Crippen molar-refractivity contribution in [1.82, 2.24) is 0 Å². The summed E-state index contributed by atoms with van der Waals surface area (Å²) in [6.45, 7) is 11.6. The molecule has 4 aromatic carbocycles. The number of benzene rings is 4. The summed E-state index contributed by atoms with van der Waals surface area (Å²) < 4.78 is 10.5. The number of esters is 2. The van der Waals surface area contributed by atoms with Crippen LogP contribution in [-0.2, 0) is 42.4 Å². The maximum absolute atomic E-state index is 12.8. The van der Waals surface area contributed by atoms with E-state index >= 15 is 0 Å². The molecule has 0 spiro atoms. The predicted octanol–water partition coefficient (Wildman–Crippen LogP) is 8.02. The predicted molar refractivity (Wildman–Crippen MR) is 161 cm³/mol. The van der Waals surface area contributed by atoms with Crippen LogP contribution in [0.4, 0.5) is 0 Å². The summed E-state index contributed by atoms with van der Waals surface area (Å²) in [7, 11) is 3.09. The minimum absolute atomic E-state index is 0. The molecule has 0 aliphatic carbocycles. The van der Waals surface area contributed by atoms with Crippen molar-refractivity contribution in [2.75, 3.05) is 7.11 Å². The maximum atomic E-state index is 12.8. The zero-order chi connectivity index (χ0) is 28.5. The molecule has 2 radical (unpaired) electrons. The van der Waals surface area contributed by atoms with E-state index < -0.39 is 16.7 Å². The standard InChI is InChI=1S/C25H27BO4.C9H11.Co/c1-24(2,22(27)29-5)16-26-25(3,4)23(28)30-15-21-19-12-8-6-10-17(19)14-18-11-7-9-13-20(18)21;1-2-6-9-7-4-3-5-8-9;/h6-14H,3,15-16H2,1-2,4-5H3;3-8H,2H2,1H3;/q2*-1;+2. The topological polar surface area (TPSA) is 52.6 Å². The maximum Gasteiger partial charge on any atom is 2.00 e. The first-order valence-electron chi connectivity index (χ1n) is 13.3. The van der Waals surface area contributed by atoms with E-state index in [1.807, 2.05) is 42.5 Å². The van der Waals surface area contributed by atoms with Crippen LogP contribution in [0, 0.1) is 18.8 Å². The van der Waals surface area contributed by atoms with Crippen molar-refractivity contribution in [3.05, 3.63) is 109 Å². The number of fused-ring (bicyclic) bond motifs is 2. The van der Waals surface area contributed by atoms with Gasteiger partial charge in [-0.3, -0.25) is 9.59 Å². The number of methoxy groups -OCH3 is 1. The molecular weight excluding hydrogens is 542 g/mol. The minimum Gasteiger partial charge on any atom is -0.469 e. The molecule has 0 saturated carbocycles. The smallest absolute Gasteiger partial charge is 0.469 e. The van der Waals surface area contributed by atoms with E-state index in [2.05, 4.69) is 62.7 Å². The van der Waals surface area contributed by atoms with E-state index in [4.69, 9.17) is 9.47 Å². The molecule has 0 aliphatic rings. The van der Waals surface area contributed by atoms with Crippen molar-refractivity contribution < 1.29 is 35.8 Å². The van der Waals surface area contributed by atoms with E-state index in [0.717, 1.165) is 33.5 Å². The van der Waals surface area contributed by atoms with Gasteiger partial charge in [0.05, 0.1) is 19.8 Å². The van der Waals surface area contributed by atoms with Crippen LogP contribution in [0.2, 0.25) is 11.6 Å². The fourth-order valence-corrected chi connectivity index (χ4v) is 4.31. The van der Waals surface area contributed by atoms with E-state index in [-0.39, 0.29) is 29.4 Å². The molecule has 0 bridgehead atoms. The Labute approximate surface area is 250 Å². The van der Waals surface area contributed by atoms with Gasteiger partial charge in [-0.15, -0.1) is 12.1 Å². The van der Waals surface area contributed by atoms with Crippen LogP contribution >= 0.6 is 0 Å². The molecule has 40 heavy (non-hydrogen) atoms. The summed E-state index contributed by atoms with van der Waals surface area (Å²) in [4.78, 5) is 24.7. The Morgan fingerprint density at radius 3 is 1.90 bits per heavy atom. The number of carbonyl (C=O) groups is 2. The van der Waals surface area contributed by atoms with E-state index in [9.17, 15) is 9.59 Å².